The summed E-state index contributed by atoms with van der Waals surface area (Å²) in [6.45, 7) is 7.54. The fourth-order valence-corrected chi connectivity index (χ4v) is 3.81. The smallest absolute Gasteiger partial charge is 0.407 e. The number of benzene rings is 1. The molecule has 0 radical (unpaired) electrons. The average Bonchev–Trinajstić information content (AvgIpc) is 3.16. The molecule has 12 heteroatoms. The van der Waals surface area contributed by atoms with Gasteiger partial charge in [0.15, 0.2) is 0 Å². The van der Waals surface area contributed by atoms with Crippen LogP contribution >= 0.6 is 11.6 Å². The Balaban J connectivity index is 1.77. The van der Waals surface area contributed by atoms with E-state index in [1.807, 2.05) is 0 Å². The predicted molar refractivity (Wildman–Crippen MR) is 123 cm³/mol. The van der Waals surface area contributed by atoms with Crippen molar-refractivity contribution in [2.75, 3.05) is 17.6 Å². The Morgan fingerprint density at radius 1 is 1.15 bits per heavy atom. The first-order chi connectivity index (χ1) is 15.4. The number of nitrogens with one attached hydrogen (secondary N) is 2. The van der Waals surface area contributed by atoms with Crippen LogP contribution < -0.4 is 10.6 Å². The molecule has 0 unspecified atom stereocenters. The summed E-state index contributed by atoms with van der Waals surface area (Å²) in [6, 6.07) is 4.94. The molecule has 182 valence electrons. The molecule has 0 atom stereocenters. The van der Waals surface area contributed by atoms with Crippen molar-refractivity contribution >= 4 is 39.1 Å². The third-order valence-electron chi connectivity index (χ3n) is 4.31. The van der Waals surface area contributed by atoms with E-state index in [0.29, 0.717) is 42.1 Å². The Morgan fingerprint density at radius 2 is 1.88 bits per heavy atom. The van der Waals surface area contributed by atoms with E-state index in [-0.39, 0.29) is 5.89 Å². The SMILES string of the molecule is Cc1c(Cl)cccc1NC(=O)CS(=O)(=O)c1nnc(CCCCCNC(=O)OC(C)(C)C)o1. The minimum absolute atomic E-state index is 0.166. The van der Waals surface area contributed by atoms with Gasteiger partial charge in [-0.2, -0.15) is 0 Å². The number of carbonyl (C=O) groups is 2. The molecule has 33 heavy (non-hydrogen) atoms. The first kappa shape index (κ1) is 26.6. The molecule has 1 aromatic heterocycles. The molecule has 0 aliphatic carbocycles. The number of hydrogen-bond donors (Lipinski definition) is 2. The molecule has 2 amide bonds. The summed E-state index contributed by atoms with van der Waals surface area (Å²) in [5.74, 6) is -1.41. The van der Waals surface area contributed by atoms with Crippen LogP contribution in [0.15, 0.2) is 27.8 Å². The van der Waals surface area contributed by atoms with Crippen LogP contribution in [0.5, 0.6) is 0 Å². The van der Waals surface area contributed by atoms with Gasteiger partial charge in [0.05, 0.1) is 0 Å². The van der Waals surface area contributed by atoms with Crippen LogP contribution in [0.3, 0.4) is 0 Å². The molecular weight excluding hydrogens is 472 g/mol. The van der Waals surface area contributed by atoms with Gasteiger partial charge in [0.2, 0.25) is 21.6 Å². The molecule has 0 saturated carbocycles. The van der Waals surface area contributed by atoms with Crippen molar-refractivity contribution in [2.24, 2.45) is 0 Å². The van der Waals surface area contributed by atoms with E-state index in [1.54, 1.807) is 45.9 Å². The molecule has 10 nitrogen and oxygen atoms in total. The highest BCUT2D eigenvalue weighted by atomic mass is 35.5. The maximum Gasteiger partial charge on any atom is 0.407 e. The predicted octanol–water partition coefficient (Wildman–Crippen LogP) is 3.68. The van der Waals surface area contributed by atoms with E-state index in [1.165, 1.54) is 0 Å². The number of unbranched alkanes of at least 4 members (excludes halogenated alkanes) is 2. The summed E-state index contributed by atoms with van der Waals surface area (Å²) in [7, 11) is -4.09. The highest BCUT2D eigenvalue weighted by Crippen LogP contribution is 2.23. The van der Waals surface area contributed by atoms with Gasteiger partial charge in [-0.15, -0.1) is 5.10 Å². The van der Waals surface area contributed by atoms with Crippen molar-refractivity contribution in [1.29, 1.82) is 0 Å². The molecule has 2 aromatic rings. The molecule has 1 heterocycles. The van der Waals surface area contributed by atoms with E-state index in [2.05, 4.69) is 20.8 Å². The molecule has 1 aromatic carbocycles. The summed E-state index contributed by atoms with van der Waals surface area (Å²) in [6.07, 6.45) is 2.03. The number of hydrogen-bond acceptors (Lipinski definition) is 8. The number of ether oxygens (including phenoxy) is 1. The molecule has 0 aliphatic heterocycles. The van der Waals surface area contributed by atoms with Gasteiger partial charge in [-0.3, -0.25) is 4.79 Å². The lowest BCUT2D eigenvalue weighted by atomic mass is 10.2. The van der Waals surface area contributed by atoms with Crippen LogP contribution in [0.1, 0.15) is 51.5 Å². The number of aryl methyl sites for hydroxylation is 1. The number of rotatable bonds is 10. The lowest BCUT2D eigenvalue weighted by Crippen LogP contribution is -2.32. The van der Waals surface area contributed by atoms with Gasteiger partial charge in [-0.1, -0.05) is 29.2 Å². The number of carbonyl (C=O) groups excluding carboxylic acids is 2. The standard InChI is InChI=1S/C21H29ClN4O6S/c1-14-15(22)9-8-10-16(14)24-17(27)13-33(29,30)20-26-25-18(31-20)11-6-5-7-12-23-19(28)32-21(2,3)4/h8-10H,5-7,11-13H2,1-4H3,(H,23,28)(H,24,27). The normalized spacial score (nSPS) is 11.8. The molecule has 0 saturated heterocycles. The molecule has 2 rings (SSSR count). The van der Waals surface area contributed by atoms with Crippen molar-refractivity contribution in [1.82, 2.24) is 15.5 Å². The number of amides is 2. The quantitative estimate of drug-likeness (QED) is 0.470. The summed E-state index contributed by atoms with van der Waals surface area (Å²) >= 11 is 6.01. The third-order valence-corrected chi connectivity index (χ3v) is 6.06. The second-order valence-electron chi connectivity index (χ2n) is 8.42. The lowest BCUT2D eigenvalue weighted by molar-refractivity contribution is -0.113. The van der Waals surface area contributed by atoms with Crippen LogP contribution in [0, 0.1) is 6.92 Å². The molecule has 0 fully saturated rings. The van der Waals surface area contributed by atoms with Gasteiger partial charge in [-0.25, -0.2) is 13.2 Å². The fourth-order valence-electron chi connectivity index (χ4n) is 2.71. The Morgan fingerprint density at radius 3 is 2.58 bits per heavy atom. The number of nitrogens with zero attached hydrogens (tertiary/aromatic N) is 2. The van der Waals surface area contributed by atoms with Crippen LogP contribution in [0.2, 0.25) is 5.02 Å². The third kappa shape index (κ3) is 9.01. The Bertz CT molecular complexity index is 1080. The maximum absolute atomic E-state index is 12.4. The molecule has 2 N–H and O–H groups in total. The number of anilines is 1. The van der Waals surface area contributed by atoms with E-state index in [9.17, 15) is 18.0 Å². The van der Waals surface area contributed by atoms with Crippen LogP contribution in [0.4, 0.5) is 10.5 Å². The Labute approximate surface area is 198 Å². The first-order valence-electron chi connectivity index (χ1n) is 10.4. The highest BCUT2D eigenvalue weighted by Gasteiger charge is 2.26. The second-order valence-corrected chi connectivity index (χ2v) is 10.7. The Hall–Kier alpha value is -2.66. The topological polar surface area (TPSA) is 140 Å². The number of sulfone groups is 1. The van der Waals surface area contributed by atoms with Crippen LogP contribution in [0.25, 0.3) is 0 Å². The van der Waals surface area contributed by atoms with E-state index in [0.717, 1.165) is 6.42 Å². The van der Waals surface area contributed by atoms with Gasteiger partial charge >= 0.3 is 11.3 Å². The van der Waals surface area contributed by atoms with Crippen molar-refractivity contribution in [2.45, 2.75) is 64.2 Å². The maximum atomic E-state index is 12.4. The second kappa shape index (κ2) is 11.5. The van der Waals surface area contributed by atoms with Gasteiger partial charge < -0.3 is 19.8 Å². The molecule has 0 spiro atoms. The zero-order chi connectivity index (χ0) is 24.6. The summed E-state index contributed by atoms with van der Waals surface area (Å²) in [5, 5.41) is 12.4. The first-order valence-corrected chi connectivity index (χ1v) is 12.5. The minimum Gasteiger partial charge on any atom is -0.444 e. The molecule has 0 aliphatic rings. The van der Waals surface area contributed by atoms with Gasteiger partial charge in [0.1, 0.15) is 11.4 Å². The van der Waals surface area contributed by atoms with Crippen molar-refractivity contribution in [3.8, 4) is 0 Å². The monoisotopic (exact) mass is 500 g/mol. The van der Waals surface area contributed by atoms with Gasteiger partial charge in [0, 0.05) is 23.7 Å². The molecular formula is C21H29ClN4O6S. The van der Waals surface area contributed by atoms with Crippen LogP contribution in [-0.4, -0.2) is 48.5 Å². The zero-order valence-electron chi connectivity index (χ0n) is 19.1. The summed E-state index contributed by atoms with van der Waals surface area (Å²) in [4.78, 5) is 23.8. The highest BCUT2D eigenvalue weighted by molar-refractivity contribution is 7.91. The van der Waals surface area contributed by atoms with Crippen LogP contribution in [-0.2, 0) is 25.8 Å². The lowest BCUT2D eigenvalue weighted by Gasteiger charge is -2.19. The number of halogens is 1. The summed E-state index contributed by atoms with van der Waals surface area (Å²) < 4.78 is 35.3. The average molecular weight is 501 g/mol. The van der Waals surface area contributed by atoms with E-state index < -0.39 is 38.4 Å². The Kier molecular flexibility index (Phi) is 9.24. The van der Waals surface area contributed by atoms with E-state index in [4.69, 9.17) is 20.8 Å². The number of aromatic nitrogens is 2. The van der Waals surface area contributed by atoms with Crippen molar-refractivity contribution < 1.29 is 27.2 Å². The van der Waals surface area contributed by atoms with Crippen molar-refractivity contribution in [3.63, 3.8) is 0 Å². The van der Waals surface area contributed by atoms with Crippen molar-refractivity contribution in [3.05, 3.63) is 34.7 Å². The zero-order valence-corrected chi connectivity index (χ0v) is 20.7. The number of alkyl carbamates (subject to hydrolysis) is 1. The van der Waals surface area contributed by atoms with Gasteiger partial charge in [-0.05, 0) is 58.2 Å². The largest absolute Gasteiger partial charge is 0.444 e. The van der Waals surface area contributed by atoms with Gasteiger partial charge in [0.25, 0.3) is 0 Å². The minimum atomic E-state index is -4.09. The summed E-state index contributed by atoms with van der Waals surface area (Å²) in [5.41, 5.74) is 0.510. The molecule has 0 bridgehead atoms. The fraction of sp³-hybridized carbons (Fsp3) is 0.524. The van der Waals surface area contributed by atoms with E-state index >= 15 is 0 Å².